The van der Waals surface area contributed by atoms with Gasteiger partial charge in [0.1, 0.15) is 0 Å². The van der Waals surface area contributed by atoms with Crippen molar-refractivity contribution in [3.63, 3.8) is 0 Å². The summed E-state index contributed by atoms with van der Waals surface area (Å²) in [7, 11) is 0. The first-order valence-electron chi connectivity index (χ1n) is 6.96. The van der Waals surface area contributed by atoms with E-state index in [1.807, 2.05) is 0 Å². The van der Waals surface area contributed by atoms with E-state index in [9.17, 15) is 0 Å². The molecule has 0 radical (unpaired) electrons. The molecule has 4 heteroatoms. The van der Waals surface area contributed by atoms with Crippen LogP contribution in [0.5, 0.6) is 0 Å². The van der Waals surface area contributed by atoms with Crippen molar-refractivity contribution >= 4 is 5.96 Å². The molecule has 0 bridgehead atoms. The molecule has 2 aliphatic heterocycles. The highest BCUT2D eigenvalue weighted by Gasteiger charge is 2.27. The molecule has 0 aromatic rings. The first kappa shape index (κ1) is 12.7. The predicted octanol–water partition coefficient (Wildman–Crippen LogP) is 1.19. The van der Waals surface area contributed by atoms with Crippen molar-refractivity contribution in [1.82, 2.24) is 15.5 Å². The monoisotopic (exact) mass is 238 g/mol. The second-order valence-corrected chi connectivity index (χ2v) is 5.72. The first-order chi connectivity index (χ1) is 8.18. The molecule has 2 heterocycles. The summed E-state index contributed by atoms with van der Waals surface area (Å²) in [4.78, 5) is 7.06. The third kappa shape index (κ3) is 3.60. The van der Waals surface area contributed by atoms with Crippen LogP contribution in [0.2, 0.25) is 0 Å². The van der Waals surface area contributed by atoms with E-state index in [4.69, 9.17) is 0 Å². The topological polar surface area (TPSA) is 39.7 Å². The van der Waals surface area contributed by atoms with Gasteiger partial charge >= 0.3 is 0 Å². The maximum Gasteiger partial charge on any atom is 0.191 e. The fourth-order valence-corrected chi connectivity index (χ4v) is 2.56. The van der Waals surface area contributed by atoms with Gasteiger partial charge in [0, 0.05) is 25.2 Å². The van der Waals surface area contributed by atoms with Crippen molar-refractivity contribution < 1.29 is 0 Å². The highest BCUT2D eigenvalue weighted by molar-refractivity contribution is 5.80. The second kappa shape index (κ2) is 5.71. The molecule has 98 valence electrons. The van der Waals surface area contributed by atoms with E-state index in [2.05, 4.69) is 34.4 Å². The van der Waals surface area contributed by atoms with Gasteiger partial charge in [-0.25, -0.2) is 0 Å². The van der Waals surface area contributed by atoms with Gasteiger partial charge in [-0.05, 0) is 46.2 Å². The number of guanidine groups is 1. The summed E-state index contributed by atoms with van der Waals surface area (Å²) in [5.41, 5.74) is 0.224. The van der Waals surface area contributed by atoms with Crippen molar-refractivity contribution in [2.75, 3.05) is 32.7 Å². The third-order valence-corrected chi connectivity index (χ3v) is 3.80. The van der Waals surface area contributed by atoms with E-state index in [0.717, 1.165) is 32.0 Å². The summed E-state index contributed by atoms with van der Waals surface area (Å²) in [6.45, 7) is 10.1. The van der Waals surface area contributed by atoms with Crippen LogP contribution in [-0.2, 0) is 0 Å². The lowest BCUT2D eigenvalue weighted by atomic mass is 9.98. The minimum atomic E-state index is 0.224. The third-order valence-electron chi connectivity index (χ3n) is 3.80. The number of rotatable bonds is 3. The second-order valence-electron chi connectivity index (χ2n) is 5.72. The largest absolute Gasteiger partial charge is 0.356 e. The lowest BCUT2D eigenvalue weighted by Gasteiger charge is -2.41. The SMILES string of the molecule is CC(C)(CNC1=NCCCN1)N1CCCCC1. The zero-order valence-corrected chi connectivity index (χ0v) is 11.3. The van der Waals surface area contributed by atoms with Crippen LogP contribution in [0.25, 0.3) is 0 Å². The minimum absolute atomic E-state index is 0.224. The van der Waals surface area contributed by atoms with Crippen LogP contribution in [0.4, 0.5) is 0 Å². The van der Waals surface area contributed by atoms with E-state index in [-0.39, 0.29) is 5.54 Å². The lowest BCUT2D eigenvalue weighted by molar-refractivity contribution is 0.0982. The Bertz CT molecular complexity index is 267. The Kier molecular flexibility index (Phi) is 4.26. The molecule has 2 N–H and O–H groups in total. The van der Waals surface area contributed by atoms with E-state index in [0.29, 0.717) is 0 Å². The summed E-state index contributed by atoms with van der Waals surface area (Å²) in [6.07, 6.45) is 5.25. The lowest BCUT2D eigenvalue weighted by Crippen LogP contribution is -2.55. The molecule has 2 rings (SSSR count). The number of aliphatic imine (C=N–C) groups is 1. The molecule has 0 spiro atoms. The van der Waals surface area contributed by atoms with Crippen LogP contribution in [0, 0.1) is 0 Å². The fourth-order valence-electron chi connectivity index (χ4n) is 2.56. The molecule has 0 unspecified atom stereocenters. The molecule has 0 aromatic heterocycles. The first-order valence-corrected chi connectivity index (χ1v) is 6.96. The molecular formula is C13H26N4. The summed E-state index contributed by atoms with van der Waals surface area (Å²) in [5.74, 6) is 0.987. The summed E-state index contributed by atoms with van der Waals surface area (Å²) in [5, 5.41) is 6.77. The van der Waals surface area contributed by atoms with Crippen molar-refractivity contribution in [2.45, 2.75) is 45.1 Å². The van der Waals surface area contributed by atoms with Crippen LogP contribution in [0.3, 0.4) is 0 Å². The molecule has 0 amide bonds. The predicted molar refractivity (Wildman–Crippen MR) is 72.4 cm³/mol. The van der Waals surface area contributed by atoms with Gasteiger partial charge in [-0.1, -0.05) is 6.42 Å². The standard InChI is InChI=1S/C13H26N4/c1-13(2,17-9-4-3-5-10-17)11-16-12-14-7-6-8-15-12/h3-11H2,1-2H3,(H2,14,15,16). The van der Waals surface area contributed by atoms with Gasteiger partial charge in [0.15, 0.2) is 5.96 Å². The molecule has 1 fully saturated rings. The van der Waals surface area contributed by atoms with Gasteiger partial charge in [-0.2, -0.15) is 0 Å². The summed E-state index contributed by atoms with van der Waals surface area (Å²) >= 11 is 0. The summed E-state index contributed by atoms with van der Waals surface area (Å²) in [6, 6.07) is 0. The molecule has 0 atom stereocenters. The summed E-state index contributed by atoms with van der Waals surface area (Å²) < 4.78 is 0. The Balaban J connectivity index is 1.81. The quantitative estimate of drug-likeness (QED) is 0.776. The molecule has 2 aliphatic rings. The molecule has 0 aliphatic carbocycles. The number of hydrogen-bond donors (Lipinski definition) is 2. The van der Waals surface area contributed by atoms with Crippen LogP contribution in [0.15, 0.2) is 4.99 Å². The van der Waals surface area contributed by atoms with E-state index >= 15 is 0 Å². The van der Waals surface area contributed by atoms with Crippen molar-refractivity contribution in [1.29, 1.82) is 0 Å². The Labute approximate surface area is 105 Å². The van der Waals surface area contributed by atoms with Crippen molar-refractivity contribution in [3.8, 4) is 0 Å². The maximum atomic E-state index is 4.45. The highest BCUT2D eigenvalue weighted by Crippen LogP contribution is 2.19. The number of nitrogens with one attached hydrogen (secondary N) is 2. The fraction of sp³-hybridized carbons (Fsp3) is 0.923. The number of hydrogen-bond acceptors (Lipinski definition) is 4. The Morgan fingerprint density at radius 2 is 2.00 bits per heavy atom. The molecule has 1 saturated heterocycles. The van der Waals surface area contributed by atoms with Crippen molar-refractivity contribution in [3.05, 3.63) is 0 Å². The average Bonchev–Trinajstić information content (AvgIpc) is 2.39. The Hall–Kier alpha value is -0.770. The number of piperidine rings is 1. The van der Waals surface area contributed by atoms with Gasteiger partial charge < -0.3 is 10.6 Å². The van der Waals surface area contributed by atoms with Crippen LogP contribution >= 0.6 is 0 Å². The smallest absolute Gasteiger partial charge is 0.191 e. The van der Waals surface area contributed by atoms with Gasteiger partial charge in [0.2, 0.25) is 0 Å². The zero-order chi connectivity index (χ0) is 12.1. The number of likely N-dealkylation sites (tertiary alicyclic amines) is 1. The van der Waals surface area contributed by atoms with E-state index in [1.165, 1.54) is 32.4 Å². The Morgan fingerprint density at radius 3 is 2.65 bits per heavy atom. The van der Waals surface area contributed by atoms with Gasteiger partial charge in [0.05, 0.1) is 0 Å². The van der Waals surface area contributed by atoms with Crippen LogP contribution in [-0.4, -0.2) is 49.1 Å². The molecule has 0 aromatic carbocycles. The molecule has 4 nitrogen and oxygen atoms in total. The van der Waals surface area contributed by atoms with Crippen LogP contribution < -0.4 is 10.6 Å². The van der Waals surface area contributed by atoms with Crippen LogP contribution in [0.1, 0.15) is 39.5 Å². The Morgan fingerprint density at radius 1 is 1.24 bits per heavy atom. The van der Waals surface area contributed by atoms with E-state index < -0.39 is 0 Å². The normalized spacial score (nSPS) is 22.8. The molecule has 0 saturated carbocycles. The maximum absolute atomic E-state index is 4.45. The average molecular weight is 238 g/mol. The minimum Gasteiger partial charge on any atom is -0.356 e. The van der Waals surface area contributed by atoms with Gasteiger partial charge in [0.25, 0.3) is 0 Å². The van der Waals surface area contributed by atoms with Gasteiger partial charge in [-0.15, -0.1) is 0 Å². The van der Waals surface area contributed by atoms with Crippen molar-refractivity contribution in [2.24, 2.45) is 4.99 Å². The zero-order valence-electron chi connectivity index (χ0n) is 11.3. The number of nitrogens with zero attached hydrogens (tertiary/aromatic N) is 2. The van der Waals surface area contributed by atoms with Gasteiger partial charge in [-0.3, -0.25) is 9.89 Å². The van der Waals surface area contributed by atoms with E-state index in [1.54, 1.807) is 0 Å². The molecule has 17 heavy (non-hydrogen) atoms. The molecular weight excluding hydrogens is 212 g/mol. The highest BCUT2D eigenvalue weighted by atomic mass is 15.2.